The Morgan fingerprint density at radius 3 is 2.41 bits per heavy atom. The summed E-state index contributed by atoms with van der Waals surface area (Å²) in [7, 11) is 1.18. The molecule has 0 aromatic carbocycles. The van der Waals surface area contributed by atoms with Gasteiger partial charge in [-0.15, -0.1) is 13.2 Å². The number of rotatable bonds is 3. The van der Waals surface area contributed by atoms with E-state index in [0.29, 0.717) is 0 Å². The van der Waals surface area contributed by atoms with Crippen molar-refractivity contribution in [2.75, 3.05) is 7.11 Å². The number of pyridine rings is 1. The summed E-state index contributed by atoms with van der Waals surface area (Å²) in [6.45, 7) is 1.41. The van der Waals surface area contributed by atoms with E-state index in [1.165, 1.54) is 14.0 Å². The molecule has 1 heterocycles. The van der Waals surface area contributed by atoms with Crippen molar-refractivity contribution in [2.24, 2.45) is 0 Å². The molecule has 0 saturated heterocycles. The molecule has 0 bridgehead atoms. The van der Waals surface area contributed by atoms with Crippen LogP contribution in [0.5, 0.6) is 11.8 Å². The lowest BCUT2D eigenvalue weighted by Gasteiger charge is -2.10. The number of aromatic nitrogens is 1. The highest BCUT2D eigenvalue weighted by Gasteiger charge is 2.36. The van der Waals surface area contributed by atoms with Gasteiger partial charge in [-0.05, 0) is 6.92 Å². The summed E-state index contributed by atoms with van der Waals surface area (Å²) < 4.78 is 44.1. The van der Waals surface area contributed by atoms with Gasteiger partial charge in [0.25, 0.3) is 0 Å². The Kier molecular flexibility index (Phi) is 3.39. The molecule has 0 atom stereocenters. The van der Waals surface area contributed by atoms with E-state index in [0.717, 1.165) is 6.07 Å². The zero-order valence-electron chi connectivity index (χ0n) is 8.74. The highest BCUT2D eigenvalue weighted by atomic mass is 19.4. The zero-order valence-corrected chi connectivity index (χ0v) is 8.74. The number of ether oxygens (including phenoxy) is 2. The molecule has 1 rings (SSSR count). The Morgan fingerprint density at radius 1 is 1.41 bits per heavy atom. The van der Waals surface area contributed by atoms with Crippen LogP contribution in [0.15, 0.2) is 6.07 Å². The molecule has 0 amide bonds. The predicted molar refractivity (Wildman–Crippen MR) is 48.9 cm³/mol. The maximum atomic E-state index is 12.0. The van der Waals surface area contributed by atoms with Crippen molar-refractivity contribution in [3.63, 3.8) is 0 Å². The lowest BCUT2D eigenvalue weighted by molar-refractivity contribution is -0.389. The second-order valence-electron chi connectivity index (χ2n) is 2.94. The van der Waals surface area contributed by atoms with Crippen LogP contribution in [0.1, 0.15) is 5.56 Å². The van der Waals surface area contributed by atoms with Crippen molar-refractivity contribution in [1.82, 2.24) is 4.98 Å². The van der Waals surface area contributed by atoms with Crippen LogP contribution < -0.4 is 9.47 Å². The molecule has 0 spiro atoms. The molecule has 0 radical (unpaired) electrons. The van der Waals surface area contributed by atoms with Crippen LogP contribution in [-0.4, -0.2) is 23.4 Å². The standard InChI is InChI=1S/C8H7F3N2O4/c1-4-3-5(13(14)15)7(12-6(4)16-2)17-8(9,10)11/h3H,1-2H3. The Labute approximate surface area is 93.1 Å². The number of hydrogen-bond acceptors (Lipinski definition) is 5. The van der Waals surface area contributed by atoms with E-state index in [2.05, 4.69) is 14.5 Å². The van der Waals surface area contributed by atoms with Crippen LogP contribution in [0.3, 0.4) is 0 Å². The number of halogens is 3. The van der Waals surface area contributed by atoms with Crippen molar-refractivity contribution >= 4 is 5.69 Å². The lowest BCUT2D eigenvalue weighted by Crippen LogP contribution is -2.19. The second kappa shape index (κ2) is 4.44. The maximum Gasteiger partial charge on any atom is 0.574 e. The van der Waals surface area contributed by atoms with Gasteiger partial charge in [0.1, 0.15) is 0 Å². The van der Waals surface area contributed by atoms with Crippen molar-refractivity contribution in [3.8, 4) is 11.8 Å². The molecule has 0 saturated carbocycles. The zero-order chi connectivity index (χ0) is 13.2. The number of methoxy groups -OCH3 is 1. The summed E-state index contributed by atoms with van der Waals surface area (Å²) in [5.74, 6) is -1.32. The van der Waals surface area contributed by atoms with Crippen LogP contribution in [0, 0.1) is 17.0 Å². The minimum Gasteiger partial charge on any atom is -0.481 e. The fourth-order valence-corrected chi connectivity index (χ4v) is 1.09. The van der Waals surface area contributed by atoms with E-state index in [4.69, 9.17) is 0 Å². The van der Waals surface area contributed by atoms with Gasteiger partial charge in [0.05, 0.1) is 12.0 Å². The molecule has 17 heavy (non-hydrogen) atoms. The number of alkyl halides is 3. The van der Waals surface area contributed by atoms with Gasteiger partial charge in [0.15, 0.2) is 0 Å². The first-order chi connectivity index (χ1) is 7.74. The van der Waals surface area contributed by atoms with Crippen LogP contribution in [0.2, 0.25) is 0 Å². The van der Waals surface area contributed by atoms with Crippen LogP contribution >= 0.6 is 0 Å². The van der Waals surface area contributed by atoms with Crippen molar-refractivity contribution in [2.45, 2.75) is 13.3 Å². The molecule has 94 valence electrons. The van der Waals surface area contributed by atoms with Gasteiger partial charge in [-0.3, -0.25) is 10.1 Å². The van der Waals surface area contributed by atoms with Gasteiger partial charge in [-0.25, -0.2) is 0 Å². The van der Waals surface area contributed by atoms with E-state index in [1.807, 2.05) is 0 Å². The van der Waals surface area contributed by atoms with Crippen molar-refractivity contribution < 1.29 is 27.6 Å². The maximum absolute atomic E-state index is 12.0. The topological polar surface area (TPSA) is 74.5 Å². The molecule has 0 aliphatic rings. The second-order valence-corrected chi connectivity index (χ2v) is 2.94. The molecule has 6 nitrogen and oxygen atoms in total. The van der Waals surface area contributed by atoms with Crippen LogP contribution in [-0.2, 0) is 0 Å². The Bertz CT molecular complexity index is 447. The minimum atomic E-state index is -5.06. The van der Waals surface area contributed by atoms with E-state index >= 15 is 0 Å². The number of nitro groups is 1. The van der Waals surface area contributed by atoms with E-state index in [1.54, 1.807) is 0 Å². The minimum absolute atomic E-state index is 0.171. The smallest absolute Gasteiger partial charge is 0.481 e. The fourth-order valence-electron chi connectivity index (χ4n) is 1.09. The Hall–Kier alpha value is -2.06. The first-order valence-electron chi connectivity index (χ1n) is 4.20. The van der Waals surface area contributed by atoms with Gasteiger partial charge in [-0.2, -0.15) is 4.98 Å². The Balaban J connectivity index is 3.29. The first kappa shape index (κ1) is 13.0. The molecule has 0 fully saturated rings. The summed E-state index contributed by atoms with van der Waals surface area (Å²) in [6.07, 6.45) is -5.06. The average Bonchev–Trinajstić information content (AvgIpc) is 2.17. The fraction of sp³-hybridized carbons (Fsp3) is 0.375. The van der Waals surface area contributed by atoms with Gasteiger partial charge >= 0.3 is 17.9 Å². The van der Waals surface area contributed by atoms with Gasteiger partial charge < -0.3 is 9.47 Å². The van der Waals surface area contributed by atoms with Crippen molar-refractivity contribution in [3.05, 3.63) is 21.7 Å². The molecular formula is C8H7F3N2O4. The summed E-state index contributed by atoms with van der Waals surface area (Å²) in [4.78, 5) is 12.8. The molecule has 1 aromatic heterocycles. The molecule has 0 unspecified atom stereocenters. The highest BCUT2D eigenvalue weighted by molar-refractivity contribution is 5.47. The molecule has 1 aromatic rings. The number of nitrogens with zero attached hydrogens (tertiary/aromatic N) is 2. The third-order valence-electron chi connectivity index (χ3n) is 1.72. The van der Waals surface area contributed by atoms with Crippen LogP contribution in [0.25, 0.3) is 0 Å². The molecule has 0 aliphatic heterocycles. The predicted octanol–water partition coefficient (Wildman–Crippen LogP) is 2.21. The van der Waals surface area contributed by atoms with Gasteiger partial charge in [0, 0.05) is 11.6 Å². The van der Waals surface area contributed by atoms with Crippen LogP contribution in [0.4, 0.5) is 18.9 Å². The summed E-state index contributed by atoms with van der Waals surface area (Å²) in [5.41, 5.74) is -0.644. The normalized spacial score (nSPS) is 11.1. The third-order valence-corrected chi connectivity index (χ3v) is 1.72. The molecule has 9 heteroatoms. The van der Waals surface area contributed by atoms with Gasteiger partial charge in [-0.1, -0.05) is 0 Å². The first-order valence-corrected chi connectivity index (χ1v) is 4.20. The van der Waals surface area contributed by atoms with Gasteiger partial charge in [0.2, 0.25) is 5.88 Å². The summed E-state index contributed by atoms with van der Waals surface area (Å²) in [5, 5.41) is 10.5. The van der Waals surface area contributed by atoms with E-state index in [-0.39, 0.29) is 11.4 Å². The van der Waals surface area contributed by atoms with E-state index in [9.17, 15) is 23.3 Å². The largest absolute Gasteiger partial charge is 0.574 e. The average molecular weight is 252 g/mol. The molecule has 0 aliphatic carbocycles. The van der Waals surface area contributed by atoms with E-state index < -0.39 is 22.9 Å². The summed E-state index contributed by atoms with van der Waals surface area (Å²) in [6, 6.07) is 0.896. The third kappa shape index (κ3) is 3.20. The summed E-state index contributed by atoms with van der Waals surface area (Å²) >= 11 is 0. The Morgan fingerprint density at radius 2 is 2.00 bits per heavy atom. The molecular weight excluding hydrogens is 245 g/mol. The number of hydrogen-bond donors (Lipinski definition) is 0. The highest BCUT2D eigenvalue weighted by Crippen LogP contribution is 2.33. The lowest BCUT2D eigenvalue weighted by atomic mass is 10.3. The molecule has 0 N–H and O–H groups in total. The number of aryl methyl sites for hydroxylation is 1. The SMILES string of the molecule is COc1nc(OC(F)(F)F)c([N+](=O)[O-])cc1C. The quantitative estimate of drug-likeness (QED) is 0.609. The van der Waals surface area contributed by atoms with Crippen molar-refractivity contribution in [1.29, 1.82) is 0 Å². The monoisotopic (exact) mass is 252 g/mol.